The SMILES string of the molecule is Cc1ccc(C(=O)N(Cc2ccc(-c3cc(C(C)C)no3)cc2)C2CCN(CCC(C)C)CC2)cc1. The normalized spacial score (nSPS) is 15.1. The predicted octanol–water partition coefficient (Wildman–Crippen LogP) is 6.93. The van der Waals surface area contributed by atoms with Crippen LogP contribution >= 0.6 is 0 Å². The van der Waals surface area contributed by atoms with E-state index >= 15 is 0 Å². The van der Waals surface area contributed by atoms with Gasteiger partial charge < -0.3 is 14.3 Å². The van der Waals surface area contributed by atoms with Crippen LogP contribution in [0.2, 0.25) is 0 Å². The number of rotatable bonds is 9. The van der Waals surface area contributed by atoms with Gasteiger partial charge in [-0.25, -0.2) is 0 Å². The van der Waals surface area contributed by atoms with Crippen LogP contribution in [-0.2, 0) is 6.54 Å². The molecule has 1 fully saturated rings. The molecule has 1 aliphatic heterocycles. The number of hydrogen-bond donors (Lipinski definition) is 0. The zero-order valence-corrected chi connectivity index (χ0v) is 22.5. The minimum atomic E-state index is 0.122. The number of amides is 1. The second-order valence-electron chi connectivity index (χ2n) is 11.0. The molecule has 0 saturated carbocycles. The molecule has 0 atom stereocenters. The number of aromatic nitrogens is 1. The molecule has 0 bridgehead atoms. The van der Waals surface area contributed by atoms with E-state index in [4.69, 9.17) is 4.52 Å². The Labute approximate surface area is 216 Å². The first kappa shape index (κ1) is 26.2. The van der Waals surface area contributed by atoms with Crippen LogP contribution in [0.4, 0.5) is 0 Å². The van der Waals surface area contributed by atoms with Gasteiger partial charge in [0.15, 0.2) is 5.76 Å². The maximum Gasteiger partial charge on any atom is 0.254 e. The van der Waals surface area contributed by atoms with E-state index in [2.05, 4.69) is 73.8 Å². The van der Waals surface area contributed by atoms with Crippen molar-refractivity contribution in [3.8, 4) is 11.3 Å². The highest BCUT2D eigenvalue weighted by molar-refractivity contribution is 5.94. The molecule has 1 aliphatic rings. The summed E-state index contributed by atoms with van der Waals surface area (Å²) in [4.78, 5) is 18.4. The Morgan fingerprint density at radius 1 is 1.03 bits per heavy atom. The van der Waals surface area contributed by atoms with Crippen LogP contribution in [0.5, 0.6) is 0 Å². The Hall–Kier alpha value is -2.92. The van der Waals surface area contributed by atoms with E-state index in [-0.39, 0.29) is 11.9 Å². The predicted molar refractivity (Wildman–Crippen MR) is 146 cm³/mol. The fraction of sp³-hybridized carbons (Fsp3) is 0.484. The van der Waals surface area contributed by atoms with Gasteiger partial charge in [-0.1, -0.05) is 74.8 Å². The van der Waals surface area contributed by atoms with Crippen LogP contribution in [0.15, 0.2) is 59.1 Å². The molecule has 1 aromatic heterocycles. The average Bonchev–Trinajstić information content (AvgIpc) is 3.38. The first-order valence-electron chi connectivity index (χ1n) is 13.5. The van der Waals surface area contributed by atoms with E-state index in [1.54, 1.807) is 0 Å². The van der Waals surface area contributed by atoms with Crippen LogP contribution in [0.1, 0.15) is 80.1 Å². The zero-order valence-electron chi connectivity index (χ0n) is 22.5. The number of likely N-dealkylation sites (tertiary alicyclic amines) is 1. The third-order valence-electron chi connectivity index (χ3n) is 7.29. The Balaban J connectivity index is 1.49. The van der Waals surface area contributed by atoms with Crippen LogP contribution in [0, 0.1) is 12.8 Å². The summed E-state index contributed by atoms with van der Waals surface area (Å²) in [5.41, 5.74) is 5.03. The van der Waals surface area contributed by atoms with Crippen LogP contribution < -0.4 is 0 Å². The Morgan fingerprint density at radius 3 is 2.28 bits per heavy atom. The van der Waals surface area contributed by atoms with Gasteiger partial charge in [0.1, 0.15) is 0 Å². The summed E-state index contributed by atoms with van der Waals surface area (Å²) < 4.78 is 5.56. The Morgan fingerprint density at radius 2 is 1.69 bits per heavy atom. The average molecular weight is 488 g/mol. The molecule has 1 saturated heterocycles. The third kappa shape index (κ3) is 6.64. The third-order valence-corrected chi connectivity index (χ3v) is 7.29. The topological polar surface area (TPSA) is 49.6 Å². The first-order chi connectivity index (χ1) is 17.3. The molecule has 3 aromatic rings. The van der Waals surface area contributed by atoms with E-state index < -0.39 is 0 Å². The van der Waals surface area contributed by atoms with Crippen molar-refractivity contribution in [1.29, 1.82) is 0 Å². The van der Waals surface area contributed by atoms with Crippen LogP contribution in [-0.4, -0.2) is 46.5 Å². The zero-order chi connectivity index (χ0) is 25.7. The van der Waals surface area contributed by atoms with Crippen molar-refractivity contribution in [2.75, 3.05) is 19.6 Å². The lowest BCUT2D eigenvalue weighted by Gasteiger charge is -2.39. The van der Waals surface area contributed by atoms with Gasteiger partial charge in [0, 0.05) is 42.9 Å². The summed E-state index contributed by atoms with van der Waals surface area (Å²) >= 11 is 0. The lowest BCUT2D eigenvalue weighted by atomic mass is 9.99. The van der Waals surface area contributed by atoms with E-state index in [0.717, 1.165) is 66.5 Å². The highest BCUT2D eigenvalue weighted by Crippen LogP contribution is 2.26. The molecule has 192 valence electrons. The van der Waals surface area contributed by atoms with Gasteiger partial charge in [0.05, 0.1) is 5.69 Å². The van der Waals surface area contributed by atoms with E-state index in [9.17, 15) is 4.79 Å². The van der Waals surface area contributed by atoms with Crippen molar-refractivity contribution in [3.05, 3.63) is 77.0 Å². The molecule has 4 rings (SSSR count). The molecule has 0 spiro atoms. The molecule has 0 aliphatic carbocycles. The fourth-order valence-corrected chi connectivity index (χ4v) is 4.79. The summed E-state index contributed by atoms with van der Waals surface area (Å²) in [5, 5.41) is 4.18. The molecule has 5 heteroatoms. The van der Waals surface area contributed by atoms with Gasteiger partial charge in [0.25, 0.3) is 5.91 Å². The Bertz CT molecular complexity index is 1110. The molecule has 36 heavy (non-hydrogen) atoms. The molecule has 2 aromatic carbocycles. The van der Waals surface area contributed by atoms with E-state index in [1.807, 2.05) is 30.3 Å². The first-order valence-corrected chi connectivity index (χ1v) is 13.5. The molecule has 0 radical (unpaired) electrons. The minimum absolute atomic E-state index is 0.122. The van der Waals surface area contributed by atoms with Gasteiger partial charge in [-0.2, -0.15) is 0 Å². The van der Waals surface area contributed by atoms with E-state index in [0.29, 0.717) is 12.5 Å². The second kappa shape index (κ2) is 11.9. The van der Waals surface area contributed by atoms with Crippen molar-refractivity contribution in [3.63, 3.8) is 0 Å². The number of aryl methyl sites for hydroxylation is 1. The monoisotopic (exact) mass is 487 g/mol. The smallest absolute Gasteiger partial charge is 0.254 e. The largest absolute Gasteiger partial charge is 0.356 e. The summed E-state index contributed by atoms with van der Waals surface area (Å²) in [5.74, 6) is 1.96. The van der Waals surface area contributed by atoms with Crippen molar-refractivity contribution in [1.82, 2.24) is 15.0 Å². The number of nitrogens with zero attached hydrogens (tertiary/aromatic N) is 3. The maximum atomic E-state index is 13.7. The van der Waals surface area contributed by atoms with Crippen molar-refractivity contribution in [2.45, 2.75) is 72.4 Å². The number of piperidine rings is 1. The molecule has 1 amide bonds. The lowest BCUT2D eigenvalue weighted by molar-refractivity contribution is 0.0546. The molecule has 2 heterocycles. The highest BCUT2D eigenvalue weighted by Gasteiger charge is 2.29. The van der Waals surface area contributed by atoms with Gasteiger partial charge in [-0.15, -0.1) is 0 Å². The van der Waals surface area contributed by atoms with Crippen LogP contribution in [0.25, 0.3) is 11.3 Å². The van der Waals surface area contributed by atoms with Gasteiger partial charge in [-0.3, -0.25) is 4.79 Å². The lowest BCUT2D eigenvalue weighted by Crippen LogP contribution is -2.47. The molecule has 0 N–H and O–H groups in total. The number of carbonyl (C=O) groups is 1. The molecular weight excluding hydrogens is 446 g/mol. The van der Waals surface area contributed by atoms with Crippen molar-refractivity contribution in [2.24, 2.45) is 5.92 Å². The highest BCUT2D eigenvalue weighted by atomic mass is 16.5. The van der Waals surface area contributed by atoms with Crippen molar-refractivity contribution < 1.29 is 9.32 Å². The quantitative estimate of drug-likeness (QED) is 0.328. The summed E-state index contributed by atoms with van der Waals surface area (Å²) in [6.07, 6.45) is 3.26. The number of hydrogen-bond acceptors (Lipinski definition) is 4. The summed E-state index contributed by atoms with van der Waals surface area (Å²) in [6, 6.07) is 18.6. The molecule has 5 nitrogen and oxygen atoms in total. The second-order valence-corrected chi connectivity index (χ2v) is 11.0. The Kier molecular flexibility index (Phi) is 8.63. The fourth-order valence-electron chi connectivity index (χ4n) is 4.79. The maximum absolute atomic E-state index is 13.7. The summed E-state index contributed by atoms with van der Waals surface area (Å²) in [6.45, 7) is 14.7. The molecular formula is C31H41N3O2. The number of carbonyl (C=O) groups excluding carboxylic acids is 1. The van der Waals surface area contributed by atoms with Gasteiger partial charge >= 0.3 is 0 Å². The number of benzene rings is 2. The minimum Gasteiger partial charge on any atom is -0.356 e. The van der Waals surface area contributed by atoms with Gasteiger partial charge in [-0.05, 0) is 62.3 Å². The standard InChI is InChI=1S/C31H41N3O2/c1-22(2)14-17-33-18-15-28(16-19-33)34(31(35)27-10-6-24(5)7-11-27)21-25-8-12-26(13-9-25)30-20-29(23(3)4)32-36-30/h6-13,20,22-23,28H,14-19,21H2,1-5H3. The van der Waals surface area contributed by atoms with Crippen molar-refractivity contribution >= 4 is 5.91 Å². The van der Waals surface area contributed by atoms with E-state index in [1.165, 1.54) is 12.0 Å². The van der Waals surface area contributed by atoms with Crippen LogP contribution in [0.3, 0.4) is 0 Å². The summed E-state index contributed by atoms with van der Waals surface area (Å²) in [7, 11) is 0. The molecule has 0 unspecified atom stereocenters. The van der Waals surface area contributed by atoms with Gasteiger partial charge in [0.2, 0.25) is 0 Å².